The van der Waals surface area contributed by atoms with Crippen LogP contribution in [0.25, 0.3) is 0 Å². The summed E-state index contributed by atoms with van der Waals surface area (Å²) in [4.78, 5) is 24.0. The Labute approximate surface area is 111 Å². The van der Waals surface area contributed by atoms with Crippen molar-refractivity contribution in [2.75, 3.05) is 5.32 Å². The zero-order chi connectivity index (χ0) is 13.8. The number of amides is 1. The number of hydrogen-bond donors (Lipinski definition) is 1. The lowest BCUT2D eigenvalue weighted by Gasteiger charge is -2.09. The van der Waals surface area contributed by atoms with Gasteiger partial charge in [0, 0.05) is 18.9 Å². The Kier molecular flexibility index (Phi) is 3.80. The molecule has 0 unspecified atom stereocenters. The lowest BCUT2D eigenvalue weighted by atomic mass is 10.1. The monoisotopic (exact) mass is 256 g/mol. The van der Waals surface area contributed by atoms with Crippen LogP contribution in [0.2, 0.25) is 0 Å². The molecule has 19 heavy (non-hydrogen) atoms. The lowest BCUT2D eigenvalue weighted by Crippen LogP contribution is -2.27. The lowest BCUT2D eigenvalue weighted by molar-refractivity contribution is 0.102. The number of nitrogens with one attached hydrogen (secondary N) is 1. The molecule has 0 fully saturated rings. The Balaban J connectivity index is 2.31. The number of aromatic nitrogens is 1. The van der Waals surface area contributed by atoms with Crippen molar-refractivity contribution in [1.82, 2.24) is 4.57 Å². The first-order valence-corrected chi connectivity index (χ1v) is 6.18. The van der Waals surface area contributed by atoms with E-state index in [1.807, 2.05) is 31.2 Å². The molecule has 0 saturated carbocycles. The van der Waals surface area contributed by atoms with E-state index in [1.54, 1.807) is 19.3 Å². The molecule has 0 radical (unpaired) electrons. The number of aryl methyl sites for hydroxylation is 2. The predicted octanol–water partition coefficient (Wildman–Crippen LogP) is 2.20. The van der Waals surface area contributed by atoms with Gasteiger partial charge in [0.05, 0.1) is 0 Å². The molecule has 0 aliphatic rings. The van der Waals surface area contributed by atoms with E-state index in [0.717, 1.165) is 17.7 Å². The Bertz CT molecular complexity index is 659. The number of para-hydroxylation sites is 1. The average Bonchev–Trinajstić information content (AvgIpc) is 2.42. The van der Waals surface area contributed by atoms with Crippen LogP contribution in [0, 0.1) is 0 Å². The molecular weight excluding hydrogens is 240 g/mol. The summed E-state index contributed by atoms with van der Waals surface area (Å²) in [6.07, 6.45) is 2.45. The van der Waals surface area contributed by atoms with Gasteiger partial charge >= 0.3 is 0 Å². The van der Waals surface area contributed by atoms with Gasteiger partial charge in [-0.05, 0) is 30.2 Å². The van der Waals surface area contributed by atoms with Crippen molar-refractivity contribution < 1.29 is 4.79 Å². The first-order chi connectivity index (χ1) is 9.13. The summed E-state index contributed by atoms with van der Waals surface area (Å²) in [5.41, 5.74) is 1.65. The van der Waals surface area contributed by atoms with Crippen molar-refractivity contribution in [1.29, 1.82) is 0 Å². The number of carbonyl (C=O) groups is 1. The van der Waals surface area contributed by atoms with Gasteiger partial charge in [-0.3, -0.25) is 9.59 Å². The maximum absolute atomic E-state index is 12.1. The maximum atomic E-state index is 12.1. The van der Waals surface area contributed by atoms with Gasteiger partial charge in [0.1, 0.15) is 5.56 Å². The summed E-state index contributed by atoms with van der Waals surface area (Å²) in [6.45, 7) is 2.02. The van der Waals surface area contributed by atoms with Gasteiger partial charge in [-0.1, -0.05) is 25.1 Å². The largest absolute Gasteiger partial charge is 0.322 e. The second-order valence-corrected chi connectivity index (χ2v) is 4.30. The molecule has 0 bridgehead atoms. The van der Waals surface area contributed by atoms with Crippen molar-refractivity contribution in [2.45, 2.75) is 13.3 Å². The molecule has 0 aliphatic carbocycles. The van der Waals surface area contributed by atoms with E-state index in [4.69, 9.17) is 0 Å². The molecule has 1 aromatic heterocycles. The average molecular weight is 256 g/mol. The minimum Gasteiger partial charge on any atom is -0.322 e. The van der Waals surface area contributed by atoms with Crippen LogP contribution >= 0.6 is 0 Å². The minimum absolute atomic E-state index is 0.149. The second-order valence-electron chi connectivity index (χ2n) is 4.30. The number of hydrogen-bond acceptors (Lipinski definition) is 2. The van der Waals surface area contributed by atoms with Crippen molar-refractivity contribution in [3.05, 3.63) is 64.1 Å². The third-order valence-electron chi connectivity index (χ3n) is 3.01. The van der Waals surface area contributed by atoms with Crippen molar-refractivity contribution in [2.24, 2.45) is 7.05 Å². The highest BCUT2D eigenvalue weighted by atomic mass is 16.2. The van der Waals surface area contributed by atoms with Crippen molar-refractivity contribution in [3.63, 3.8) is 0 Å². The van der Waals surface area contributed by atoms with Gasteiger partial charge in [0.2, 0.25) is 0 Å². The van der Waals surface area contributed by atoms with Gasteiger partial charge < -0.3 is 9.88 Å². The molecule has 0 spiro atoms. The second kappa shape index (κ2) is 5.52. The summed E-state index contributed by atoms with van der Waals surface area (Å²) in [7, 11) is 1.62. The molecule has 98 valence electrons. The molecule has 4 nitrogen and oxygen atoms in total. The third kappa shape index (κ3) is 2.73. The van der Waals surface area contributed by atoms with Crippen LogP contribution in [0.15, 0.2) is 47.4 Å². The SMILES string of the molecule is CCc1ccccc1NC(=O)c1cccn(C)c1=O. The number of carbonyl (C=O) groups excluding carboxylic acids is 1. The number of benzene rings is 1. The number of nitrogens with zero attached hydrogens (tertiary/aromatic N) is 1. The first kappa shape index (κ1) is 13.1. The predicted molar refractivity (Wildman–Crippen MR) is 75.5 cm³/mol. The van der Waals surface area contributed by atoms with E-state index in [2.05, 4.69) is 5.32 Å². The molecule has 0 atom stereocenters. The molecule has 2 aromatic rings. The van der Waals surface area contributed by atoms with Crippen LogP contribution in [-0.2, 0) is 13.5 Å². The normalized spacial score (nSPS) is 10.2. The van der Waals surface area contributed by atoms with Gasteiger partial charge in [0.25, 0.3) is 11.5 Å². The summed E-state index contributed by atoms with van der Waals surface area (Å²) in [6, 6.07) is 10.8. The van der Waals surface area contributed by atoms with Crippen LogP contribution in [0.5, 0.6) is 0 Å². The molecule has 1 heterocycles. The maximum Gasteiger partial charge on any atom is 0.263 e. The van der Waals surface area contributed by atoms with Gasteiger partial charge in [0.15, 0.2) is 0 Å². The first-order valence-electron chi connectivity index (χ1n) is 6.18. The van der Waals surface area contributed by atoms with E-state index in [1.165, 1.54) is 10.6 Å². The molecule has 1 aromatic carbocycles. The zero-order valence-electron chi connectivity index (χ0n) is 11.0. The quantitative estimate of drug-likeness (QED) is 0.915. The van der Waals surface area contributed by atoms with Crippen LogP contribution in [0.4, 0.5) is 5.69 Å². The fourth-order valence-corrected chi connectivity index (χ4v) is 1.91. The van der Waals surface area contributed by atoms with Crippen LogP contribution in [0.1, 0.15) is 22.8 Å². The van der Waals surface area contributed by atoms with E-state index in [-0.39, 0.29) is 17.0 Å². The molecule has 2 rings (SSSR count). The van der Waals surface area contributed by atoms with E-state index in [0.29, 0.717) is 0 Å². The molecule has 0 saturated heterocycles. The molecule has 1 N–H and O–H groups in total. The topological polar surface area (TPSA) is 51.1 Å². The molecule has 0 aliphatic heterocycles. The number of rotatable bonds is 3. The smallest absolute Gasteiger partial charge is 0.263 e. The van der Waals surface area contributed by atoms with Gasteiger partial charge in [-0.25, -0.2) is 0 Å². The van der Waals surface area contributed by atoms with Crippen molar-refractivity contribution >= 4 is 11.6 Å². The van der Waals surface area contributed by atoms with Crippen LogP contribution < -0.4 is 10.9 Å². The van der Waals surface area contributed by atoms with E-state index < -0.39 is 0 Å². The highest BCUT2D eigenvalue weighted by molar-refractivity contribution is 6.04. The number of pyridine rings is 1. The summed E-state index contributed by atoms with van der Waals surface area (Å²) in [5.74, 6) is -0.373. The highest BCUT2D eigenvalue weighted by Crippen LogP contribution is 2.15. The Hall–Kier alpha value is -2.36. The Morgan fingerprint density at radius 2 is 1.95 bits per heavy atom. The minimum atomic E-state index is -0.373. The third-order valence-corrected chi connectivity index (χ3v) is 3.01. The Morgan fingerprint density at radius 3 is 2.68 bits per heavy atom. The van der Waals surface area contributed by atoms with Crippen LogP contribution in [-0.4, -0.2) is 10.5 Å². The summed E-state index contributed by atoms with van der Waals surface area (Å²) in [5, 5.41) is 2.79. The molecular formula is C15H16N2O2. The zero-order valence-corrected chi connectivity index (χ0v) is 11.0. The number of anilines is 1. The summed E-state index contributed by atoms with van der Waals surface area (Å²) >= 11 is 0. The molecule has 1 amide bonds. The summed E-state index contributed by atoms with van der Waals surface area (Å²) < 4.78 is 1.39. The van der Waals surface area contributed by atoms with E-state index in [9.17, 15) is 9.59 Å². The fraction of sp³-hybridized carbons (Fsp3) is 0.200. The Morgan fingerprint density at radius 1 is 1.21 bits per heavy atom. The highest BCUT2D eigenvalue weighted by Gasteiger charge is 2.12. The van der Waals surface area contributed by atoms with Crippen LogP contribution in [0.3, 0.4) is 0 Å². The molecule has 4 heteroatoms. The van der Waals surface area contributed by atoms with Crippen molar-refractivity contribution in [3.8, 4) is 0 Å². The van der Waals surface area contributed by atoms with Gasteiger partial charge in [-0.15, -0.1) is 0 Å². The van der Waals surface area contributed by atoms with E-state index >= 15 is 0 Å². The fourth-order valence-electron chi connectivity index (χ4n) is 1.91. The standard InChI is InChI=1S/C15H16N2O2/c1-3-11-7-4-5-9-13(11)16-14(18)12-8-6-10-17(2)15(12)19/h4-10H,3H2,1-2H3,(H,16,18). The van der Waals surface area contributed by atoms with Gasteiger partial charge in [-0.2, -0.15) is 0 Å².